The molecule has 0 aromatic carbocycles. The molecule has 0 saturated heterocycles. The Labute approximate surface area is 249 Å². The SMILES string of the molecule is C=CC1=C(C)/C(=C/c2[nH]c(Cc3[nH]c(/C=C4\NC(=O)C(C)=C4CCC(=O)[O-])c(CCC(=O)[O-])c3C)c(C)c2C=C)NC1=O. The average Bonchev–Trinajstić information content (AvgIpc) is 3.59. The zero-order valence-corrected chi connectivity index (χ0v) is 24.7. The lowest BCUT2D eigenvalue weighted by molar-refractivity contribution is -0.307. The number of aliphatic carboxylic acids is 2. The third-order valence-electron chi connectivity index (χ3n) is 8.11. The summed E-state index contributed by atoms with van der Waals surface area (Å²) in [6.07, 6.45) is 7.20. The first-order valence-electron chi connectivity index (χ1n) is 13.9. The monoisotopic (exact) mass is 582 g/mol. The zero-order chi connectivity index (χ0) is 31.6. The largest absolute Gasteiger partial charge is 0.550 e. The standard InChI is InChI=1S/C33H36N4O6/c1-7-20-16(3)24(34-27(20)14-26-17(4)21(8-2)33(43)36-26)13-25-18(5)22(9-11-30(38)39)28(35-25)15-29-23(10-12-31(40)41)19(6)32(42)37-29/h7-8,14-15,34-35H,1-2,9-13H2,3-6H3,(H,36,43)(H,37,42)(H,38,39)(H,40,41)/p-2/b26-14-,29-15-. The summed E-state index contributed by atoms with van der Waals surface area (Å²) < 4.78 is 0. The van der Waals surface area contributed by atoms with E-state index in [0.29, 0.717) is 40.2 Å². The number of aromatic nitrogens is 2. The molecule has 0 fully saturated rings. The van der Waals surface area contributed by atoms with Crippen LogP contribution in [0.5, 0.6) is 0 Å². The lowest BCUT2D eigenvalue weighted by Crippen LogP contribution is -2.22. The van der Waals surface area contributed by atoms with Gasteiger partial charge in [0.2, 0.25) is 0 Å². The van der Waals surface area contributed by atoms with Gasteiger partial charge in [0.15, 0.2) is 0 Å². The number of carboxylic acids is 2. The van der Waals surface area contributed by atoms with E-state index in [0.717, 1.165) is 44.9 Å². The van der Waals surface area contributed by atoms with Crippen molar-refractivity contribution in [3.63, 3.8) is 0 Å². The molecule has 2 aromatic rings. The predicted molar refractivity (Wildman–Crippen MR) is 159 cm³/mol. The van der Waals surface area contributed by atoms with Crippen LogP contribution in [0.25, 0.3) is 18.2 Å². The van der Waals surface area contributed by atoms with E-state index in [1.807, 2.05) is 26.8 Å². The highest BCUT2D eigenvalue weighted by atomic mass is 16.4. The molecule has 2 aliphatic rings. The number of carbonyl (C=O) groups is 4. The number of H-pyrrole nitrogens is 2. The van der Waals surface area contributed by atoms with E-state index in [2.05, 4.69) is 33.8 Å². The first-order valence-corrected chi connectivity index (χ1v) is 13.9. The Bertz CT molecular complexity index is 1710. The Morgan fingerprint density at radius 1 is 0.744 bits per heavy atom. The Morgan fingerprint density at radius 3 is 1.93 bits per heavy atom. The highest BCUT2D eigenvalue weighted by Crippen LogP contribution is 2.32. The van der Waals surface area contributed by atoms with Gasteiger partial charge in [-0.1, -0.05) is 25.3 Å². The van der Waals surface area contributed by atoms with E-state index in [1.165, 1.54) is 6.08 Å². The fourth-order valence-electron chi connectivity index (χ4n) is 5.56. The molecule has 224 valence electrons. The number of rotatable bonds is 12. The van der Waals surface area contributed by atoms with Gasteiger partial charge >= 0.3 is 0 Å². The molecule has 10 nitrogen and oxygen atoms in total. The average molecular weight is 583 g/mol. The van der Waals surface area contributed by atoms with E-state index >= 15 is 0 Å². The quantitative estimate of drug-likeness (QED) is 0.299. The molecule has 0 radical (unpaired) electrons. The Hall–Kier alpha value is -5.12. The van der Waals surface area contributed by atoms with Gasteiger partial charge in [-0.2, -0.15) is 0 Å². The molecule has 10 heteroatoms. The first kappa shape index (κ1) is 30.8. The highest BCUT2D eigenvalue weighted by Gasteiger charge is 2.26. The second kappa shape index (κ2) is 12.4. The second-order valence-electron chi connectivity index (χ2n) is 10.7. The normalized spacial score (nSPS) is 16.8. The van der Waals surface area contributed by atoms with Gasteiger partial charge in [-0.15, -0.1) is 0 Å². The van der Waals surface area contributed by atoms with Crippen molar-refractivity contribution in [2.24, 2.45) is 0 Å². The maximum absolute atomic E-state index is 12.4. The van der Waals surface area contributed by atoms with E-state index < -0.39 is 11.9 Å². The minimum absolute atomic E-state index is 0.118. The van der Waals surface area contributed by atoms with Crippen molar-refractivity contribution in [3.8, 4) is 0 Å². The number of carboxylic acid groups (broad SMARTS) is 2. The molecule has 0 atom stereocenters. The molecule has 43 heavy (non-hydrogen) atoms. The van der Waals surface area contributed by atoms with Crippen LogP contribution < -0.4 is 20.8 Å². The predicted octanol–water partition coefficient (Wildman–Crippen LogP) is 2.17. The molecule has 0 saturated carbocycles. The van der Waals surface area contributed by atoms with Crippen molar-refractivity contribution in [1.29, 1.82) is 0 Å². The second-order valence-corrected chi connectivity index (χ2v) is 10.7. The molecule has 0 unspecified atom stereocenters. The van der Waals surface area contributed by atoms with Gasteiger partial charge in [-0.3, -0.25) is 9.59 Å². The maximum atomic E-state index is 12.4. The van der Waals surface area contributed by atoms with Crippen molar-refractivity contribution in [2.75, 3.05) is 0 Å². The molecule has 0 aliphatic carbocycles. The molecule has 4 rings (SSSR count). The maximum Gasteiger partial charge on any atom is 0.255 e. The number of carbonyl (C=O) groups excluding carboxylic acids is 4. The van der Waals surface area contributed by atoms with Gasteiger partial charge in [-0.25, -0.2) is 0 Å². The third kappa shape index (κ3) is 6.23. The summed E-state index contributed by atoms with van der Waals surface area (Å²) in [4.78, 5) is 54.0. The van der Waals surface area contributed by atoms with Gasteiger partial charge in [0.1, 0.15) is 0 Å². The van der Waals surface area contributed by atoms with Crippen molar-refractivity contribution in [3.05, 3.63) is 97.9 Å². The summed E-state index contributed by atoms with van der Waals surface area (Å²) in [5, 5.41) is 28.1. The highest BCUT2D eigenvalue weighted by molar-refractivity contribution is 6.03. The smallest absolute Gasteiger partial charge is 0.255 e. The Morgan fingerprint density at radius 2 is 1.33 bits per heavy atom. The molecule has 2 aromatic heterocycles. The van der Waals surface area contributed by atoms with Crippen LogP contribution in [0.2, 0.25) is 0 Å². The molecule has 0 spiro atoms. The van der Waals surface area contributed by atoms with Gasteiger partial charge in [0.25, 0.3) is 11.8 Å². The van der Waals surface area contributed by atoms with Crippen LogP contribution >= 0.6 is 0 Å². The fraction of sp³-hybridized carbons (Fsp3) is 0.273. The molecular formula is C33H34N4O6-2. The number of hydrogen-bond acceptors (Lipinski definition) is 6. The van der Waals surface area contributed by atoms with Crippen LogP contribution in [0.1, 0.15) is 78.1 Å². The number of allylic oxidation sites excluding steroid dienone is 2. The van der Waals surface area contributed by atoms with Crippen LogP contribution in [-0.4, -0.2) is 33.7 Å². The van der Waals surface area contributed by atoms with Gasteiger partial charge in [0.05, 0.1) is 0 Å². The molecule has 2 aliphatic heterocycles. The number of aromatic amines is 2. The van der Waals surface area contributed by atoms with Gasteiger partial charge in [-0.05, 0) is 93.4 Å². The van der Waals surface area contributed by atoms with Crippen LogP contribution in [0.4, 0.5) is 0 Å². The van der Waals surface area contributed by atoms with Gasteiger partial charge in [0, 0.05) is 69.2 Å². The number of hydrogen-bond donors (Lipinski definition) is 4. The lowest BCUT2D eigenvalue weighted by atomic mass is 9.99. The Kier molecular flexibility index (Phi) is 8.89. The van der Waals surface area contributed by atoms with Crippen molar-refractivity contribution in [1.82, 2.24) is 20.6 Å². The minimum Gasteiger partial charge on any atom is -0.550 e. The molecule has 4 heterocycles. The third-order valence-corrected chi connectivity index (χ3v) is 8.11. The minimum atomic E-state index is -1.22. The van der Waals surface area contributed by atoms with E-state index in [-0.39, 0.29) is 37.5 Å². The fourth-order valence-corrected chi connectivity index (χ4v) is 5.56. The summed E-state index contributed by atoms with van der Waals surface area (Å²) in [6, 6.07) is 0. The van der Waals surface area contributed by atoms with Crippen molar-refractivity contribution < 1.29 is 29.4 Å². The van der Waals surface area contributed by atoms with Gasteiger partial charge < -0.3 is 40.4 Å². The van der Waals surface area contributed by atoms with Crippen molar-refractivity contribution in [2.45, 2.75) is 59.8 Å². The summed E-state index contributed by atoms with van der Waals surface area (Å²) in [7, 11) is 0. The topological polar surface area (TPSA) is 170 Å². The van der Waals surface area contributed by atoms with Crippen LogP contribution in [0.15, 0.2) is 52.9 Å². The number of nitrogens with one attached hydrogen (secondary N) is 4. The molecular weight excluding hydrogens is 548 g/mol. The Balaban J connectivity index is 1.74. The van der Waals surface area contributed by atoms with Crippen LogP contribution in [0, 0.1) is 13.8 Å². The number of amides is 2. The molecule has 4 N–H and O–H groups in total. The van der Waals surface area contributed by atoms with Crippen LogP contribution in [0.3, 0.4) is 0 Å². The summed E-state index contributed by atoms with van der Waals surface area (Å²) in [6.45, 7) is 15.0. The van der Waals surface area contributed by atoms with Crippen LogP contribution in [-0.2, 0) is 32.0 Å². The molecule has 2 amide bonds. The van der Waals surface area contributed by atoms with E-state index in [4.69, 9.17) is 0 Å². The summed E-state index contributed by atoms with van der Waals surface area (Å²) in [5.74, 6) is -2.92. The van der Waals surface area contributed by atoms with Crippen molar-refractivity contribution >= 4 is 42.0 Å². The van der Waals surface area contributed by atoms with E-state index in [1.54, 1.807) is 19.1 Å². The lowest BCUT2D eigenvalue weighted by Gasteiger charge is -2.08. The first-order chi connectivity index (χ1) is 20.4. The molecule has 0 bridgehead atoms. The summed E-state index contributed by atoms with van der Waals surface area (Å²) in [5.41, 5.74) is 10.0. The van der Waals surface area contributed by atoms with E-state index in [9.17, 15) is 29.4 Å². The zero-order valence-electron chi connectivity index (χ0n) is 24.7. The summed E-state index contributed by atoms with van der Waals surface area (Å²) >= 11 is 0.